The maximum atomic E-state index is 6.54. The normalized spacial score (nSPS) is 12.1. The van der Waals surface area contributed by atoms with Gasteiger partial charge in [0.15, 0.2) is 0 Å². The Bertz CT molecular complexity index is 1660. The summed E-state index contributed by atoms with van der Waals surface area (Å²) < 4.78 is 6.54. The Morgan fingerprint density at radius 2 is 0.833 bits per heavy atom. The predicted octanol–water partition coefficient (Wildman–Crippen LogP) is 12.3. The number of rotatable bonds is 2. The molecule has 1 heteroatoms. The van der Waals surface area contributed by atoms with Crippen LogP contribution in [0.4, 0.5) is 0 Å². The van der Waals surface area contributed by atoms with Gasteiger partial charge in [0.05, 0.1) is 0 Å². The Morgan fingerprint density at radius 1 is 0.429 bits per heavy atom. The molecule has 212 valence electrons. The van der Waals surface area contributed by atoms with Gasteiger partial charge in [0.1, 0.15) is 11.5 Å². The standard InChI is InChI=1S/C33H22O.2C4H10/c1-2-8-22(9-3-1)23-14-16-26(17-15-23)31-32-27-12-6-4-10-24(27)18-20-29(32)34-30-21-19-25-11-5-7-13-28(25)33(30)31;2*1-4(2)3/h1-21,31H;2*4H,1-3H3. The molecule has 1 aliphatic heterocycles. The van der Waals surface area contributed by atoms with Gasteiger partial charge in [0, 0.05) is 17.0 Å². The summed E-state index contributed by atoms with van der Waals surface area (Å²) in [4.78, 5) is 0. The zero-order valence-corrected chi connectivity index (χ0v) is 25.8. The Labute approximate surface area is 251 Å². The predicted molar refractivity (Wildman–Crippen MR) is 182 cm³/mol. The van der Waals surface area contributed by atoms with Crippen LogP contribution in [0.15, 0.2) is 127 Å². The first kappa shape index (κ1) is 29.1. The van der Waals surface area contributed by atoms with Gasteiger partial charge in [-0.25, -0.2) is 0 Å². The van der Waals surface area contributed by atoms with Crippen molar-refractivity contribution in [3.05, 3.63) is 144 Å². The van der Waals surface area contributed by atoms with E-state index in [2.05, 4.69) is 169 Å². The molecule has 0 aliphatic carbocycles. The number of hydrogen-bond donors (Lipinski definition) is 0. The molecule has 0 saturated heterocycles. The van der Waals surface area contributed by atoms with E-state index in [1.807, 2.05) is 0 Å². The smallest absolute Gasteiger partial charge is 0.132 e. The summed E-state index contributed by atoms with van der Waals surface area (Å²) >= 11 is 0. The van der Waals surface area contributed by atoms with Crippen LogP contribution in [0.1, 0.15) is 64.2 Å². The lowest BCUT2D eigenvalue weighted by molar-refractivity contribution is 0.456. The molecule has 6 aromatic rings. The molecule has 0 spiro atoms. The third-order valence-corrected chi connectivity index (χ3v) is 7.01. The van der Waals surface area contributed by atoms with Gasteiger partial charge in [-0.1, -0.05) is 157 Å². The van der Waals surface area contributed by atoms with Crippen LogP contribution in [0.5, 0.6) is 11.5 Å². The largest absolute Gasteiger partial charge is 0.457 e. The highest BCUT2D eigenvalue weighted by Crippen LogP contribution is 2.52. The lowest BCUT2D eigenvalue weighted by atomic mass is 9.78. The molecule has 1 heterocycles. The molecule has 42 heavy (non-hydrogen) atoms. The zero-order valence-electron chi connectivity index (χ0n) is 25.8. The molecule has 6 aromatic carbocycles. The van der Waals surface area contributed by atoms with Crippen LogP contribution in [-0.2, 0) is 0 Å². The summed E-state index contributed by atoms with van der Waals surface area (Å²) in [6.07, 6.45) is 0. The quantitative estimate of drug-likeness (QED) is 0.208. The second-order valence-corrected chi connectivity index (χ2v) is 12.4. The Balaban J connectivity index is 0.000000395. The maximum absolute atomic E-state index is 6.54. The van der Waals surface area contributed by atoms with Crippen molar-refractivity contribution in [2.45, 2.75) is 47.5 Å². The van der Waals surface area contributed by atoms with Crippen LogP contribution in [0, 0.1) is 11.8 Å². The molecule has 0 atom stereocenters. The van der Waals surface area contributed by atoms with E-state index in [-0.39, 0.29) is 5.92 Å². The molecule has 0 saturated carbocycles. The van der Waals surface area contributed by atoms with Gasteiger partial charge in [-0.3, -0.25) is 0 Å². The van der Waals surface area contributed by atoms with E-state index < -0.39 is 0 Å². The van der Waals surface area contributed by atoms with Crippen LogP contribution in [-0.4, -0.2) is 0 Å². The van der Waals surface area contributed by atoms with Crippen molar-refractivity contribution in [3.63, 3.8) is 0 Å². The van der Waals surface area contributed by atoms with Crippen LogP contribution < -0.4 is 4.74 Å². The van der Waals surface area contributed by atoms with E-state index in [1.165, 1.54) is 49.4 Å². The van der Waals surface area contributed by atoms with Crippen molar-refractivity contribution < 1.29 is 4.74 Å². The van der Waals surface area contributed by atoms with E-state index in [0.29, 0.717) is 0 Å². The first-order valence-corrected chi connectivity index (χ1v) is 15.2. The fraction of sp³-hybridized carbons (Fsp3) is 0.220. The molecule has 0 radical (unpaired) electrons. The third-order valence-electron chi connectivity index (χ3n) is 7.01. The topological polar surface area (TPSA) is 9.23 Å². The molecule has 0 bridgehead atoms. The minimum Gasteiger partial charge on any atom is -0.457 e. The van der Waals surface area contributed by atoms with Crippen molar-refractivity contribution in [1.29, 1.82) is 0 Å². The van der Waals surface area contributed by atoms with Crippen LogP contribution >= 0.6 is 0 Å². The van der Waals surface area contributed by atoms with Gasteiger partial charge in [-0.2, -0.15) is 0 Å². The number of benzene rings is 6. The molecule has 1 aliphatic rings. The van der Waals surface area contributed by atoms with Crippen molar-refractivity contribution >= 4 is 21.5 Å². The van der Waals surface area contributed by atoms with E-state index in [9.17, 15) is 0 Å². The molecule has 0 fully saturated rings. The molecular formula is C41H42O. The summed E-state index contributed by atoms with van der Waals surface area (Å²) in [5.41, 5.74) is 6.23. The molecule has 7 rings (SSSR count). The molecule has 1 nitrogen and oxygen atoms in total. The average molecular weight is 551 g/mol. The highest BCUT2D eigenvalue weighted by Gasteiger charge is 2.32. The van der Waals surface area contributed by atoms with Gasteiger partial charge in [0.2, 0.25) is 0 Å². The van der Waals surface area contributed by atoms with Gasteiger partial charge >= 0.3 is 0 Å². The Kier molecular flexibility index (Phi) is 9.08. The van der Waals surface area contributed by atoms with Gasteiger partial charge < -0.3 is 4.74 Å². The Hall–Kier alpha value is -4.36. The van der Waals surface area contributed by atoms with Crippen molar-refractivity contribution in [1.82, 2.24) is 0 Å². The first-order chi connectivity index (χ1) is 20.3. The van der Waals surface area contributed by atoms with E-state index in [4.69, 9.17) is 4.74 Å². The summed E-state index contributed by atoms with van der Waals surface area (Å²) in [7, 11) is 0. The Morgan fingerprint density at radius 3 is 1.31 bits per heavy atom. The molecule has 0 aromatic heterocycles. The zero-order chi connectivity index (χ0) is 29.6. The minimum atomic E-state index is 0.0840. The van der Waals surface area contributed by atoms with Gasteiger partial charge in [-0.15, -0.1) is 0 Å². The van der Waals surface area contributed by atoms with E-state index in [0.717, 1.165) is 23.3 Å². The second-order valence-electron chi connectivity index (χ2n) is 12.4. The van der Waals surface area contributed by atoms with Crippen molar-refractivity contribution in [2.75, 3.05) is 0 Å². The SMILES string of the molecule is CC(C)C.CC(C)C.c1ccc(-c2ccc(C3c4c(ccc5ccccc45)Oc4ccc5ccccc5c43)cc2)cc1. The number of hydrogen-bond acceptors (Lipinski definition) is 1. The van der Waals surface area contributed by atoms with Crippen LogP contribution in [0.3, 0.4) is 0 Å². The maximum Gasteiger partial charge on any atom is 0.132 e. The number of ether oxygens (including phenoxy) is 1. The minimum absolute atomic E-state index is 0.0840. The molecule has 0 N–H and O–H groups in total. The molecule has 0 amide bonds. The monoisotopic (exact) mass is 550 g/mol. The summed E-state index contributed by atoms with van der Waals surface area (Å²) in [5.74, 6) is 3.64. The highest BCUT2D eigenvalue weighted by molar-refractivity contribution is 5.95. The lowest BCUT2D eigenvalue weighted by Gasteiger charge is -2.31. The lowest BCUT2D eigenvalue weighted by Crippen LogP contribution is -2.13. The first-order valence-electron chi connectivity index (χ1n) is 15.2. The second kappa shape index (κ2) is 13.1. The van der Waals surface area contributed by atoms with Crippen LogP contribution in [0.2, 0.25) is 0 Å². The fourth-order valence-corrected chi connectivity index (χ4v) is 5.42. The van der Waals surface area contributed by atoms with Crippen molar-refractivity contribution in [3.8, 4) is 22.6 Å². The van der Waals surface area contributed by atoms with Gasteiger partial charge in [0.25, 0.3) is 0 Å². The fourth-order valence-electron chi connectivity index (χ4n) is 5.42. The van der Waals surface area contributed by atoms with Gasteiger partial charge in [-0.05, 0) is 62.2 Å². The van der Waals surface area contributed by atoms with E-state index in [1.54, 1.807) is 0 Å². The highest BCUT2D eigenvalue weighted by atomic mass is 16.5. The number of fused-ring (bicyclic) bond motifs is 6. The van der Waals surface area contributed by atoms with E-state index >= 15 is 0 Å². The summed E-state index contributed by atoms with van der Waals surface area (Å²) in [6, 6.07) is 45.5. The van der Waals surface area contributed by atoms with Crippen molar-refractivity contribution in [2.24, 2.45) is 11.8 Å². The average Bonchev–Trinajstić information content (AvgIpc) is 3.00. The summed E-state index contributed by atoms with van der Waals surface area (Å²) in [6.45, 7) is 13.0. The molecular weight excluding hydrogens is 508 g/mol. The molecule has 0 unspecified atom stereocenters. The third kappa shape index (κ3) is 6.42. The van der Waals surface area contributed by atoms with Crippen LogP contribution in [0.25, 0.3) is 32.7 Å². The summed E-state index contributed by atoms with van der Waals surface area (Å²) in [5, 5.41) is 4.96.